The summed E-state index contributed by atoms with van der Waals surface area (Å²) in [4.78, 5) is 10.1. The molecule has 0 spiro atoms. The van der Waals surface area contributed by atoms with E-state index in [4.69, 9.17) is 0 Å². The van der Waals surface area contributed by atoms with Crippen LogP contribution in [0.3, 0.4) is 0 Å². The zero-order chi connectivity index (χ0) is 9.40. The predicted molar refractivity (Wildman–Crippen MR) is 52.2 cm³/mol. The van der Waals surface area contributed by atoms with E-state index in [0.29, 0.717) is 12.3 Å². The number of aldehydes is 1. The molecule has 12 heavy (non-hydrogen) atoms. The van der Waals surface area contributed by atoms with Gasteiger partial charge < -0.3 is 10.1 Å². The van der Waals surface area contributed by atoms with E-state index in [0.717, 1.165) is 25.3 Å². The molecule has 0 aromatic heterocycles. The molecular formula is C10H21NO. The summed E-state index contributed by atoms with van der Waals surface area (Å²) in [6, 6.07) is 0. The third-order valence-electron chi connectivity index (χ3n) is 1.89. The molecule has 0 bridgehead atoms. The van der Waals surface area contributed by atoms with Gasteiger partial charge in [0, 0.05) is 6.42 Å². The molecule has 0 radical (unpaired) electrons. The number of carbonyl (C=O) groups is 1. The van der Waals surface area contributed by atoms with Crippen molar-refractivity contribution >= 4 is 6.29 Å². The van der Waals surface area contributed by atoms with Crippen molar-refractivity contribution < 1.29 is 4.79 Å². The first-order valence-electron chi connectivity index (χ1n) is 4.81. The summed E-state index contributed by atoms with van der Waals surface area (Å²) in [5, 5.41) is 3.34. The maximum Gasteiger partial charge on any atom is 0.120 e. The molecule has 0 aromatic carbocycles. The van der Waals surface area contributed by atoms with Crippen molar-refractivity contribution in [3.63, 3.8) is 0 Å². The second-order valence-electron chi connectivity index (χ2n) is 3.89. The zero-order valence-electron chi connectivity index (χ0n) is 8.47. The fourth-order valence-corrected chi connectivity index (χ4v) is 0.987. The SMILES string of the molecule is CC(C)CCNCC(C)CC=O. The minimum atomic E-state index is 0.481. The van der Waals surface area contributed by atoms with Crippen LogP contribution < -0.4 is 5.32 Å². The standard InChI is InChI=1S/C10H21NO/c1-9(2)4-6-11-8-10(3)5-7-12/h7,9-11H,4-6,8H2,1-3H3. The largest absolute Gasteiger partial charge is 0.316 e. The van der Waals surface area contributed by atoms with Crippen molar-refractivity contribution in [3.05, 3.63) is 0 Å². The van der Waals surface area contributed by atoms with E-state index in [-0.39, 0.29) is 0 Å². The molecule has 72 valence electrons. The van der Waals surface area contributed by atoms with Gasteiger partial charge >= 0.3 is 0 Å². The van der Waals surface area contributed by atoms with Crippen LogP contribution in [0.5, 0.6) is 0 Å². The lowest BCUT2D eigenvalue weighted by molar-refractivity contribution is -0.108. The zero-order valence-corrected chi connectivity index (χ0v) is 8.47. The lowest BCUT2D eigenvalue weighted by atomic mass is 10.1. The summed E-state index contributed by atoms with van der Waals surface area (Å²) < 4.78 is 0. The van der Waals surface area contributed by atoms with E-state index in [1.54, 1.807) is 0 Å². The van der Waals surface area contributed by atoms with Crippen LogP contribution in [0.25, 0.3) is 0 Å². The summed E-state index contributed by atoms with van der Waals surface area (Å²) in [5.74, 6) is 1.24. The summed E-state index contributed by atoms with van der Waals surface area (Å²) >= 11 is 0. The van der Waals surface area contributed by atoms with E-state index in [1.165, 1.54) is 6.42 Å². The van der Waals surface area contributed by atoms with Gasteiger partial charge in [-0.05, 0) is 31.3 Å². The first-order valence-corrected chi connectivity index (χ1v) is 4.81. The molecule has 0 aliphatic carbocycles. The van der Waals surface area contributed by atoms with E-state index in [2.05, 4.69) is 26.1 Å². The Bertz CT molecular complexity index is 112. The van der Waals surface area contributed by atoms with Crippen LogP contribution >= 0.6 is 0 Å². The summed E-state index contributed by atoms with van der Waals surface area (Å²) in [6.45, 7) is 8.57. The van der Waals surface area contributed by atoms with Crippen molar-refractivity contribution in [2.45, 2.75) is 33.6 Å². The first kappa shape index (κ1) is 11.6. The van der Waals surface area contributed by atoms with Crippen LogP contribution in [0.15, 0.2) is 0 Å². The Balaban J connectivity index is 3.13. The van der Waals surface area contributed by atoms with Crippen LogP contribution in [-0.4, -0.2) is 19.4 Å². The van der Waals surface area contributed by atoms with Crippen molar-refractivity contribution in [1.29, 1.82) is 0 Å². The third-order valence-corrected chi connectivity index (χ3v) is 1.89. The highest BCUT2D eigenvalue weighted by Crippen LogP contribution is 1.99. The Morgan fingerprint density at radius 3 is 2.50 bits per heavy atom. The van der Waals surface area contributed by atoms with Crippen molar-refractivity contribution in [2.24, 2.45) is 11.8 Å². The van der Waals surface area contributed by atoms with E-state index in [1.807, 2.05) is 0 Å². The maximum atomic E-state index is 10.1. The molecule has 0 aromatic rings. The van der Waals surface area contributed by atoms with Crippen LogP contribution in [0.2, 0.25) is 0 Å². The molecular weight excluding hydrogens is 150 g/mol. The first-order chi connectivity index (χ1) is 5.66. The van der Waals surface area contributed by atoms with Gasteiger partial charge in [0.1, 0.15) is 6.29 Å². The van der Waals surface area contributed by atoms with Crippen molar-refractivity contribution in [1.82, 2.24) is 5.32 Å². The number of rotatable bonds is 7. The van der Waals surface area contributed by atoms with Gasteiger partial charge in [0.2, 0.25) is 0 Å². The molecule has 1 unspecified atom stereocenters. The molecule has 0 amide bonds. The molecule has 0 saturated carbocycles. The second kappa shape index (κ2) is 7.29. The molecule has 0 aliphatic heterocycles. The van der Waals surface area contributed by atoms with E-state index in [9.17, 15) is 4.79 Å². The Hall–Kier alpha value is -0.370. The maximum absolute atomic E-state index is 10.1. The van der Waals surface area contributed by atoms with Crippen LogP contribution in [0.1, 0.15) is 33.6 Å². The van der Waals surface area contributed by atoms with Gasteiger partial charge in [0.15, 0.2) is 0 Å². The van der Waals surface area contributed by atoms with Gasteiger partial charge in [-0.1, -0.05) is 20.8 Å². The molecule has 0 heterocycles. The number of carbonyl (C=O) groups excluding carboxylic acids is 1. The van der Waals surface area contributed by atoms with E-state index < -0.39 is 0 Å². The molecule has 2 nitrogen and oxygen atoms in total. The summed E-state index contributed by atoms with van der Waals surface area (Å²) in [7, 11) is 0. The second-order valence-corrected chi connectivity index (χ2v) is 3.89. The van der Waals surface area contributed by atoms with Gasteiger partial charge in [0.05, 0.1) is 0 Å². The number of hydrogen-bond donors (Lipinski definition) is 1. The monoisotopic (exact) mass is 171 g/mol. The Morgan fingerprint density at radius 1 is 1.33 bits per heavy atom. The van der Waals surface area contributed by atoms with Gasteiger partial charge in [-0.15, -0.1) is 0 Å². The van der Waals surface area contributed by atoms with Crippen LogP contribution in [0, 0.1) is 11.8 Å². The van der Waals surface area contributed by atoms with Gasteiger partial charge in [0.25, 0.3) is 0 Å². The summed E-state index contributed by atoms with van der Waals surface area (Å²) in [5.41, 5.74) is 0. The molecule has 0 rings (SSSR count). The average molecular weight is 171 g/mol. The Labute approximate surface area is 75.7 Å². The van der Waals surface area contributed by atoms with Crippen LogP contribution in [0.4, 0.5) is 0 Å². The topological polar surface area (TPSA) is 29.1 Å². The normalized spacial score (nSPS) is 13.3. The quantitative estimate of drug-likeness (QED) is 0.468. The average Bonchev–Trinajstić information content (AvgIpc) is 1.98. The van der Waals surface area contributed by atoms with Gasteiger partial charge in [-0.3, -0.25) is 0 Å². The Morgan fingerprint density at radius 2 is 2.00 bits per heavy atom. The highest BCUT2D eigenvalue weighted by atomic mass is 16.1. The fraction of sp³-hybridized carbons (Fsp3) is 0.900. The minimum Gasteiger partial charge on any atom is -0.316 e. The van der Waals surface area contributed by atoms with Gasteiger partial charge in [-0.25, -0.2) is 0 Å². The molecule has 0 saturated heterocycles. The van der Waals surface area contributed by atoms with E-state index >= 15 is 0 Å². The molecule has 1 N–H and O–H groups in total. The molecule has 0 fully saturated rings. The van der Waals surface area contributed by atoms with Crippen molar-refractivity contribution in [2.75, 3.05) is 13.1 Å². The van der Waals surface area contributed by atoms with Crippen LogP contribution in [-0.2, 0) is 4.79 Å². The number of nitrogens with one attached hydrogen (secondary N) is 1. The fourth-order valence-electron chi connectivity index (χ4n) is 0.987. The highest BCUT2D eigenvalue weighted by Gasteiger charge is 1.99. The predicted octanol–water partition coefficient (Wildman–Crippen LogP) is 1.85. The number of hydrogen-bond acceptors (Lipinski definition) is 2. The van der Waals surface area contributed by atoms with Crippen molar-refractivity contribution in [3.8, 4) is 0 Å². The smallest absolute Gasteiger partial charge is 0.120 e. The summed E-state index contributed by atoms with van der Waals surface area (Å²) in [6.07, 6.45) is 2.89. The molecule has 2 heteroatoms. The lowest BCUT2D eigenvalue weighted by Crippen LogP contribution is -2.23. The lowest BCUT2D eigenvalue weighted by Gasteiger charge is -2.10. The highest BCUT2D eigenvalue weighted by molar-refractivity contribution is 5.49. The Kier molecular flexibility index (Phi) is 7.06. The third kappa shape index (κ3) is 7.73. The molecule has 1 atom stereocenters. The van der Waals surface area contributed by atoms with Gasteiger partial charge in [-0.2, -0.15) is 0 Å². The minimum absolute atomic E-state index is 0.481. The molecule has 0 aliphatic rings.